The molecule has 0 unspecified atom stereocenters. The molecule has 0 N–H and O–H groups in total. The molecule has 0 saturated carbocycles. The highest BCUT2D eigenvalue weighted by atomic mass is 16.1. The van der Waals surface area contributed by atoms with E-state index in [0.29, 0.717) is 0 Å². The lowest BCUT2D eigenvalue weighted by molar-refractivity contribution is 0.105. The van der Waals surface area contributed by atoms with Gasteiger partial charge in [0.1, 0.15) is 0 Å². The fraction of sp³-hybridized carbons (Fsp3) is 0.211. The Morgan fingerprint density at radius 3 is 1.81 bits per heavy atom. The van der Waals surface area contributed by atoms with Crippen LogP contribution in [0.2, 0.25) is 0 Å². The summed E-state index contributed by atoms with van der Waals surface area (Å²) in [7, 11) is 0. The van der Waals surface area contributed by atoms with Crippen LogP contribution in [0.15, 0.2) is 66.9 Å². The van der Waals surface area contributed by atoms with Crippen molar-refractivity contribution in [3.05, 3.63) is 78.0 Å². The molecule has 0 amide bonds. The van der Waals surface area contributed by atoms with Crippen LogP contribution in [-0.2, 0) is 0 Å². The minimum absolute atomic E-state index is 0.0636. The van der Waals surface area contributed by atoms with Crippen molar-refractivity contribution in [2.45, 2.75) is 13.8 Å². The molecule has 0 aromatic heterocycles. The Balaban J connectivity index is 2.44. The normalized spacial score (nSPS) is 11.2. The zero-order valence-electron chi connectivity index (χ0n) is 12.6. The summed E-state index contributed by atoms with van der Waals surface area (Å²) < 4.78 is 0. The van der Waals surface area contributed by atoms with Crippen LogP contribution < -0.4 is 0 Å². The van der Waals surface area contributed by atoms with Crippen LogP contribution in [0, 0.1) is 0 Å². The molecule has 0 atom stereocenters. The zero-order valence-corrected chi connectivity index (χ0v) is 12.6. The molecule has 0 saturated heterocycles. The van der Waals surface area contributed by atoms with Gasteiger partial charge in [-0.05, 0) is 19.4 Å². The monoisotopic (exact) mass is 279 g/mol. The van der Waals surface area contributed by atoms with Crippen LogP contribution in [0.3, 0.4) is 0 Å². The molecule has 0 aliphatic carbocycles. The minimum Gasteiger partial charge on any atom is -0.377 e. The summed E-state index contributed by atoms with van der Waals surface area (Å²) in [5.74, 6) is 0.0636. The van der Waals surface area contributed by atoms with E-state index in [1.54, 1.807) is 0 Å². The first kappa shape index (κ1) is 15.0. The van der Waals surface area contributed by atoms with Gasteiger partial charge in [0.2, 0.25) is 0 Å². The second kappa shape index (κ2) is 7.44. The maximum Gasteiger partial charge on any atom is 0.195 e. The predicted molar refractivity (Wildman–Crippen MR) is 88.1 cm³/mol. The number of allylic oxidation sites excluding steroid dienone is 1. The van der Waals surface area contributed by atoms with Crippen molar-refractivity contribution in [1.29, 1.82) is 0 Å². The standard InChI is InChI=1S/C19H21NO/c1-3-20(4-2)15-18(16-11-7-5-8-12-16)19(21)17-13-9-6-10-14-17/h5-15H,3-4H2,1-2H3. The van der Waals surface area contributed by atoms with Gasteiger partial charge in [-0.25, -0.2) is 0 Å². The Hall–Kier alpha value is -2.35. The van der Waals surface area contributed by atoms with Gasteiger partial charge in [-0.1, -0.05) is 60.7 Å². The number of hydrogen-bond acceptors (Lipinski definition) is 2. The van der Waals surface area contributed by atoms with Crippen LogP contribution in [0.1, 0.15) is 29.8 Å². The van der Waals surface area contributed by atoms with Gasteiger partial charge in [0.25, 0.3) is 0 Å². The van der Waals surface area contributed by atoms with Gasteiger partial charge in [-0.3, -0.25) is 4.79 Å². The van der Waals surface area contributed by atoms with E-state index in [1.165, 1.54) is 0 Å². The first-order valence-electron chi connectivity index (χ1n) is 7.37. The molecule has 2 rings (SSSR count). The predicted octanol–water partition coefficient (Wildman–Crippen LogP) is 4.25. The largest absolute Gasteiger partial charge is 0.377 e. The third-order valence-electron chi connectivity index (χ3n) is 3.49. The van der Waals surface area contributed by atoms with Gasteiger partial charge >= 0.3 is 0 Å². The van der Waals surface area contributed by atoms with Gasteiger partial charge in [0.15, 0.2) is 5.78 Å². The fourth-order valence-corrected chi connectivity index (χ4v) is 2.22. The van der Waals surface area contributed by atoms with Crippen molar-refractivity contribution >= 4 is 11.4 Å². The van der Waals surface area contributed by atoms with Crippen molar-refractivity contribution in [2.24, 2.45) is 0 Å². The number of carbonyl (C=O) groups excluding carboxylic acids is 1. The summed E-state index contributed by atoms with van der Waals surface area (Å²) in [5.41, 5.74) is 2.42. The molecule has 21 heavy (non-hydrogen) atoms. The van der Waals surface area contributed by atoms with Crippen LogP contribution >= 0.6 is 0 Å². The Morgan fingerprint density at radius 1 is 0.857 bits per heavy atom. The first-order valence-corrected chi connectivity index (χ1v) is 7.37. The molecule has 108 valence electrons. The number of carbonyl (C=O) groups is 1. The van der Waals surface area contributed by atoms with E-state index >= 15 is 0 Å². The second-order valence-corrected chi connectivity index (χ2v) is 4.83. The van der Waals surface area contributed by atoms with Gasteiger partial charge < -0.3 is 4.90 Å². The van der Waals surface area contributed by atoms with E-state index in [4.69, 9.17) is 0 Å². The lowest BCUT2D eigenvalue weighted by atomic mass is 9.97. The second-order valence-electron chi connectivity index (χ2n) is 4.83. The third kappa shape index (κ3) is 3.82. The van der Waals surface area contributed by atoms with Gasteiger partial charge in [0.05, 0.1) is 0 Å². The summed E-state index contributed by atoms with van der Waals surface area (Å²) in [6.07, 6.45) is 1.98. The molecule has 0 aliphatic rings. The van der Waals surface area contributed by atoms with E-state index in [2.05, 4.69) is 18.7 Å². The molecular formula is C19H21NO. The van der Waals surface area contributed by atoms with Crippen molar-refractivity contribution in [2.75, 3.05) is 13.1 Å². The molecular weight excluding hydrogens is 258 g/mol. The summed E-state index contributed by atoms with van der Waals surface area (Å²) >= 11 is 0. The fourth-order valence-electron chi connectivity index (χ4n) is 2.22. The first-order chi connectivity index (χ1) is 10.3. The molecule has 2 nitrogen and oxygen atoms in total. The van der Waals surface area contributed by atoms with E-state index in [-0.39, 0.29) is 5.78 Å². The van der Waals surface area contributed by atoms with Crippen molar-refractivity contribution in [3.8, 4) is 0 Å². The Morgan fingerprint density at radius 2 is 1.33 bits per heavy atom. The maximum atomic E-state index is 12.8. The lowest BCUT2D eigenvalue weighted by Gasteiger charge is -2.18. The Bertz CT molecular complexity index is 598. The zero-order chi connectivity index (χ0) is 15.1. The molecule has 0 bridgehead atoms. The van der Waals surface area contributed by atoms with Crippen molar-refractivity contribution in [3.63, 3.8) is 0 Å². The Kier molecular flexibility index (Phi) is 5.33. The molecule has 0 radical (unpaired) electrons. The highest BCUT2D eigenvalue weighted by Gasteiger charge is 2.14. The van der Waals surface area contributed by atoms with Gasteiger partial charge in [0, 0.05) is 30.4 Å². The number of rotatable bonds is 6. The molecule has 2 aromatic carbocycles. The highest BCUT2D eigenvalue weighted by molar-refractivity contribution is 6.28. The molecule has 0 fully saturated rings. The number of nitrogens with zero attached hydrogens (tertiary/aromatic N) is 1. The van der Waals surface area contributed by atoms with E-state index < -0.39 is 0 Å². The topological polar surface area (TPSA) is 20.3 Å². The number of ketones is 1. The van der Waals surface area contributed by atoms with E-state index in [1.807, 2.05) is 66.9 Å². The Labute approximate surface area is 126 Å². The summed E-state index contributed by atoms with van der Waals surface area (Å²) in [5, 5.41) is 0. The van der Waals surface area contributed by atoms with Gasteiger partial charge in [-0.15, -0.1) is 0 Å². The van der Waals surface area contributed by atoms with Gasteiger partial charge in [-0.2, -0.15) is 0 Å². The number of Topliss-reactive ketones (excluding diaryl/α,β-unsaturated/α-hetero) is 1. The average molecular weight is 279 g/mol. The smallest absolute Gasteiger partial charge is 0.195 e. The molecule has 2 heteroatoms. The summed E-state index contributed by atoms with van der Waals surface area (Å²) in [6, 6.07) is 19.3. The summed E-state index contributed by atoms with van der Waals surface area (Å²) in [6.45, 7) is 5.95. The van der Waals surface area contributed by atoms with Crippen LogP contribution in [0.4, 0.5) is 0 Å². The average Bonchev–Trinajstić information content (AvgIpc) is 2.57. The summed E-state index contributed by atoms with van der Waals surface area (Å²) in [4.78, 5) is 15.0. The third-order valence-corrected chi connectivity index (χ3v) is 3.49. The molecule has 0 heterocycles. The van der Waals surface area contributed by atoms with Crippen LogP contribution in [0.25, 0.3) is 5.57 Å². The van der Waals surface area contributed by atoms with Crippen molar-refractivity contribution in [1.82, 2.24) is 4.90 Å². The maximum absolute atomic E-state index is 12.8. The quantitative estimate of drug-likeness (QED) is 0.582. The van der Waals surface area contributed by atoms with Crippen LogP contribution in [-0.4, -0.2) is 23.8 Å². The molecule has 0 spiro atoms. The lowest BCUT2D eigenvalue weighted by Crippen LogP contribution is -2.18. The van der Waals surface area contributed by atoms with E-state index in [0.717, 1.165) is 29.8 Å². The SMILES string of the molecule is CCN(C=C(C(=O)c1ccccc1)c1ccccc1)CC. The minimum atomic E-state index is 0.0636. The van der Waals surface area contributed by atoms with Crippen molar-refractivity contribution < 1.29 is 4.79 Å². The molecule has 0 aliphatic heterocycles. The number of hydrogen-bond donors (Lipinski definition) is 0. The highest BCUT2D eigenvalue weighted by Crippen LogP contribution is 2.20. The number of benzene rings is 2. The van der Waals surface area contributed by atoms with Crippen LogP contribution in [0.5, 0.6) is 0 Å². The van der Waals surface area contributed by atoms with E-state index in [9.17, 15) is 4.79 Å². The molecule has 2 aromatic rings.